The molecule has 0 bridgehead atoms. The summed E-state index contributed by atoms with van der Waals surface area (Å²) in [4.78, 5) is 23.6. The van der Waals surface area contributed by atoms with Gasteiger partial charge in [-0.05, 0) is 47.0 Å². The van der Waals surface area contributed by atoms with Crippen molar-refractivity contribution in [3.05, 3.63) is 83.9 Å². The van der Waals surface area contributed by atoms with E-state index < -0.39 is 0 Å². The highest BCUT2D eigenvalue weighted by Crippen LogP contribution is 2.17. The normalized spacial score (nSPS) is 10.9. The van der Waals surface area contributed by atoms with E-state index in [4.69, 9.17) is 4.74 Å². The predicted molar refractivity (Wildman–Crippen MR) is 108 cm³/mol. The molecule has 1 amide bonds. The minimum Gasteiger partial charge on any atom is -0.463 e. The van der Waals surface area contributed by atoms with Crippen molar-refractivity contribution in [3.63, 3.8) is 0 Å². The van der Waals surface area contributed by atoms with Gasteiger partial charge in [0, 0.05) is 11.8 Å². The first-order valence-corrected chi connectivity index (χ1v) is 8.86. The Kier molecular flexibility index (Phi) is 6.00. The van der Waals surface area contributed by atoms with E-state index in [1.54, 1.807) is 13.0 Å². The van der Waals surface area contributed by atoms with Crippen molar-refractivity contribution in [2.24, 2.45) is 0 Å². The number of fused-ring (bicyclic) bond motifs is 1. The van der Waals surface area contributed by atoms with Crippen molar-refractivity contribution in [3.8, 4) is 0 Å². The zero-order valence-corrected chi connectivity index (χ0v) is 15.1. The lowest BCUT2D eigenvalue weighted by atomic mass is 10.0. The fourth-order valence-corrected chi connectivity index (χ4v) is 2.77. The average Bonchev–Trinajstić information content (AvgIpc) is 2.67. The van der Waals surface area contributed by atoms with Crippen molar-refractivity contribution < 1.29 is 14.3 Å². The maximum absolute atomic E-state index is 12.3. The van der Waals surface area contributed by atoms with Crippen LogP contribution < -0.4 is 5.32 Å². The molecule has 4 heteroatoms. The quantitative estimate of drug-likeness (QED) is 0.517. The van der Waals surface area contributed by atoms with Gasteiger partial charge in [-0.25, -0.2) is 4.79 Å². The number of ether oxygens (including phenoxy) is 1. The van der Waals surface area contributed by atoms with Crippen LogP contribution in [0.3, 0.4) is 0 Å². The van der Waals surface area contributed by atoms with E-state index in [9.17, 15) is 9.59 Å². The second kappa shape index (κ2) is 8.81. The van der Waals surface area contributed by atoms with Gasteiger partial charge < -0.3 is 10.1 Å². The van der Waals surface area contributed by atoms with Crippen molar-refractivity contribution in [1.82, 2.24) is 0 Å². The van der Waals surface area contributed by atoms with Crippen LogP contribution in [0.25, 0.3) is 16.8 Å². The maximum Gasteiger partial charge on any atom is 0.330 e. The maximum atomic E-state index is 12.3. The molecule has 0 radical (unpaired) electrons. The molecule has 3 aromatic carbocycles. The number of carbonyl (C=O) groups is 2. The number of carbonyl (C=O) groups excluding carboxylic acids is 2. The topological polar surface area (TPSA) is 55.4 Å². The molecule has 0 heterocycles. The van der Waals surface area contributed by atoms with E-state index in [1.165, 1.54) is 6.08 Å². The fraction of sp³-hybridized carbons (Fsp3) is 0.130. The van der Waals surface area contributed by atoms with Crippen LogP contribution in [0.15, 0.2) is 72.8 Å². The molecule has 0 aliphatic carbocycles. The molecule has 0 unspecified atom stereocenters. The lowest BCUT2D eigenvalue weighted by Crippen LogP contribution is -2.14. The number of anilines is 1. The first-order valence-electron chi connectivity index (χ1n) is 8.86. The Morgan fingerprint density at radius 3 is 2.44 bits per heavy atom. The van der Waals surface area contributed by atoms with Gasteiger partial charge in [0.15, 0.2) is 0 Å². The molecule has 3 aromatic rings. The van der Waals surface area contributed by atoms with Gasteiger partial charge in [-0.15, -0.1) is 0 Å². The summed E-state index contributed by atoms with van der Waals surface area (Å²) in [6.45, 7) is 2.12. The van der Waals surface area contributed by atoms with Crippen LogP contribution in [0.4, 0.5) is 5.69 Å². The van der Waals surface area contributed by atoms with Crippen molar-refractivity contribution in [2.75, 3.05) is 11.9 Å². The van der Waals surface area contributed by atoms with Gasteiger partial charge >= 0.3 is 5.97 Å². The summed E-state index contributed by atoms with van der Waals surface area (Å²) in [5, 5.41) is 5.18. The van der Waals surface area contributed by atoms with Gasteiger partial charge in [0.1, 0.15) is 0 Å². The van der Waals surface area contributed by atoms with Gasteiger partial charge in [0.05, 0.1) is 13.0 Å². The third-order valence-electron chi connectivity index (χ3n) is 4.07. The molecule has 27 heavy (non-hydrogen) atoms. The summed E-state index contributed by atoms with van der Waals surface area (Å²) in [5.74, 6) is -0.439. The van der Waals surface area contributed by atoms with Crippen LogP contribution in [-0.4, -0.2) is 18.5 Å². The van der Waals surface area contributed by atoms with E-state index in [-0.39, 0.29) is 11.9 Å². The van der Waals surface area contributed by atoms with Crippen molar-refractivity contribution in [2.45, 2.75) is 13.3 Å². The van der Waals surface area contributed by atoms with Gasteiger partial charge in [-0.2, -0.15) is 0 Å². The number of nitrogens with one attached hydrogen (secondary N) is 1. The van der Waals surface area contributed by atoms with Crippen LogP contribution in [0.2, 0.25) is 0 Å². The highest BCUT2D eigenvalue weighted by Gasteiger charge is 2.05. The van der Waals surface area contributed by atoms with Crippen LogP contribution in [0, 0.1) is 0 Å². The van der Waals surface area contributed by atoms with Crippen molar-refractivity contribution in [1.29, 1.82) is 0 Å². The lowest BCUT2D eigenvalue weighted by Gasteiger charge is -2.07. The third kappa shape index (κ3) is 5.28. The Morgan fingerprint density at radius 1 is 0.963 bits per heavy atom. The van der Waals surface area contributed by atoms with Crippen molar-refractivity contribution >= 4 is 34.4 Å². The smallest absolute Gasteiger partial charge is 0.330 e. The molecule has 0 aliphatic heterocycles. The lowest BCUT2D eigenvalue weighted by molar-refractivity contribution is -0.137. The molecule has 136 valence electrons. The second-order valence-corrected chi connectivity index (χ2v) is 6.11. The van der Waals surface area contributed by atoms with Crippen LogP contribution in [0.1, 0.15) is 18.1 Å². The van der Waals surface area contributed by atoms with Gasteiger partial charge in [0.2, 0.25) is 5.91 Å². The summed E-state index contributed by atoms with van der Waals surface area (Å²) in [6.07, 6.45) is 3.38. The summed E-state index contributed by atoms with van der Waals surface area (Å²) >= 11 is 0. The third-order valence-corrected chi connectivity index (χ3v) is 4.07. The van der Waals surface area contributed by atoms with Gasteiger partial charge in [-0.3, -0.25) is 4.79 Å². The highest BCUT2D eigenvalue weighted by atomic mass is 16.5. The summed E-state index contributed by atoms with van der Waals surface area (Å²) in [5.41, 5.74) is 2.55. The second-order valence-electron chi connectivity index (χ2n) is 6.11. The number of esters is 1. The standard InChI is InChI=1S/C23H21NO3/c1-2-27-23(26)14-10-17-8-12-21(13-9-17)24-22(25)16-18-7-11-19-5-3-4-6-20(19)15-18/h3-15H,2,16H2,1H3,(H,24,25)/b14-10+. The molecular weight excluding hydrogens is 338 g/mol. The Labute approximate surface area is 158 Å². The zero-order valence-electron chi connectivity index (χ0n) is 15.1. The van der Waals surface area contributed by atoms with E-state index in [2.05, 4.69) is 11.4 Å². The molecule has 3 rings (SSSR count). The van der Waals surface area contributed by atoms with Gasteiger partial charge in [0.25, 0.3) is 0 Å². The molecule has 0 saturated heterocycles. The molecule has 1 N–H and O–H groups in total. The molecule has 0 fully saturated rings. The first-order chi connectivity index (χ1) is 13.1. The summed E-state index contributed by atoms with van der Waals surface area (Å²) < 4.78 is 4.84. The van der Waals surface area contributed by atoms with E-state index in [0.29, 0.717) is 18.7 Å². The van der Waals surface area contributed by atoms with E-state index >= 15 is 0 Å². The van der Waals surface area contributed by atoms with E-state index in [0.717, 1.165) is 21.9 Å². The highest BCUT2D eigenvalue weighted by molar-refractivity contribution is 5.93. The molecular formula is C23H21NO3. The Balaban J connectivity index is 1.59. The first kappa shape index (κ1) is 18.4. The summed E-state index contributed by atoms with van der Waals surface area (Å²) in [7, 11) is 0. The predicted octanol–water partition coefficient (Wildman–Crippen LogP) is 4.60. The SMILES string of the molecule is CCOC(=O)/C=C/c1ccc(NC(=O)Cc2ccc3ccccc3c2)cc1. The molecule has 0 spiro atoms. The van der Waals surface area contributed by atoms with Gasteiger partial charge in [-0.1, -0.05) is 54.6 Å². The zero-order chi connectivity index (χ0) is 19.1. The van der Waals surface area contributed by atoms with Crippen LogP contribution in [-0.2, 0) is 20.7 Å². The Bertz CT molecular complexity index is 974. The minimum absolute atomic E-state index is 0.0694. The molecule has 0 aliphatic rings. The molecule has 4 nitrogen and oxygen atoms in total. The molecule has 0 aromatic heterocycles. The van der Waals surface area contributed by atoms with E-state index in [1.807, 2.05) is 60.7 Å². The number of hydrogen-bond acceptors (Lipinski definition) is 3. The van der Waals surface area contributed by atoms with Crippen LogP contribution in [0.5, 0.6) is 0 Å². The largest absolute Gasteiger partial charge is 0.463 e. The van der Waals surface area contributed by atoms with Crippen LogP contribution >= 0.6 is 0 Å². The number of benzene rings is 3. The number of hydrogen-bond donors (Lipinski definition) is 1. The average molecular weight is 359 g/mol. The molecule has 0 atom stereocenters. The Morgan fingerprint density at radius 2 is 1.70 bits per heavy atom. The monoisotopic (exact) mass is 359 g/mol. The summed E-state index contributed by atoms with van der Waals surface area (Å²) in [6, 6.07) is 21.4. The fourth-order valence-electron chi connectivity index (χ4n) is 2.77. The molecule has 0 saturated carbocycles. The Hall–Kier alpha value is -3.40. The number of amides is 1. The minimum atomic E-state index is -0.370. The number of rotatable bonds is 6.